The van der Waals surface area contributed by atoms with Gasteiger partial charge in [0.15, 0.2) is 0 Å². The summed E-state index contributed by atoms with van der Waals surface area (Å²) < 4.78 is 18.7. The van der Waals surface area contributed by atoms with Gasteiger partial charge in [0.1, 0.15) is 23.9 Å². The molecule has 2 N–H and O–H groups in total. The maximum absolute atomic E-state index is 13.5. The molecule has 6 nitrogen and oxygen atoms in total. The Morgan fingerprint density at radius 1 is 1.61 bits per heavy atom. The highest BCUT2D eigenvalue weighted by atomic mass is 35.5. The van der Waals surface area contributed by atoms with Gasteiger partial charge in [-0.25, -0.2) is 9.18 Å². The summed E-state index contributed by atoms with van der Waals surface area (Å²) in [6, 6.07) is -1.25. The number of imide groups is 1. The lowest BCUT2D eigenvalue weighted by molar-refractivity contribution is -0.125. The number of carbonyl (C=O) groups is 2. The summed E-state index contributed by atoms with van der Waals surface area (Å²) in [6.45, 7) is 1.14. The second-order valence-corrected chi connectivity index (χ2v) is 4.88. The van der Waals surface area contributed by atoms with Crippen LogP contribution >= 0.6 is 11.6 Å². The van der Waals surface area contributed by atoms with E-state index in [1.165, 1.54) is 4.90 Å². The first-order chi connectivity index (χ1) is 8.45. The summed E-state index contributed by atoms with van der Waals surface area (Å²) in [5, 5.41) is 10.1. The topological polar surface area (TPSA) is 78.9 Å². The third kappa shape index (κ3) is 2.17. The fourth-order valence-corrected chi connectivity index (χ4v) is 2.38. The van der Waals surface area contributed by atoms with Gasteiger partial charge in [-0.3, -0.25) is 15.0 Å². The molecule has 5 unspecified atom stereocenters. The van der Waals surface area contributed by atoms with Crippen LogP contribution in [0.2, 0.25) is 0 Å². The van der Waals surface area contributed by atoms with Crippen molar-refractivity contribution in [3.63, 3.8) is 0 Å². The number of carbonyl (C=O) groups excluding carboxylic acids is 2. The monoisotopic (exact) mass is 280 g/mol. The average Bonchev–Trinajstić information content (AvgIpc) is 2.67. The summed E-state index contributed by atoms with van der Waals surface area (Å²) in [5.41, 5.74) is 0. The number of aliphatic hydroxyl groups excluding tert-OH is 1. The Bertz CT molecular complexity index is 370. The molecule has 2 rings (SSSR count). The highest BCUT2D eigenvalue weighted by Gasteiger charge is 2.46. The van der Waals surface area contributed by atoms with E-state index in [9.17, 15) is 14.0 Å². The van der Waals surface area contributed by atoms with E-state index in [1.54, 1.807) is 6.92 Å². The number of rotatable bonds is 2. The Morgan fingerprint density at radius 2 is 2.28 bits per heavy atom. The predicted molar refractivity (Wildman–Crippen MR) is 59.7 cm³/mol. The van der Waals surface area contributed by atoms with Gasteiger partial charge in [0.2, 0.25) is 5.91 Å². The molecule has 2 heterocycles. The van der Waals surface area contributed by atoms with Gasteiger partial charge in [0.05, 0.1) is 12.6 Å². The predicted octanol–water partition coefficient (Wildman–Crippen LogP) is -0.0205. The van der Waals surface area contributed by atoms with Crippen LogP contribution < -0.4 is 5.32 Å². The van der Waals surface area contributed by atoms with Crippen molar-refractivity contribution in [1.82, 2.24) is 10.2 Å². The Kier molecular flexibility index (Phi) is 3.74. The third-order valence-corrected chi connectivity index (χ3v) is 3.79. The third-order valence-electron chi connectivity index (χ3n) is 3.23. The average molecular weight is 281 g/mol. The molecule has 0 aromatic carbocycles. The number of nitrogens with one attached hydrogen (secondary N) is 1. The quantitative estimate of drug-likeness (QED) is 0.697. The smallest absolute Gasteiger partial charge is 0.326 e. The van der Waals surface area contributed by atoms with Crippen LogP contribution in [0.25, 0.3) is 0 Å². The molecular weight excluding hydrogens is 267 g/mol. The van der Waals surface area contributed by atoms with E-state index in [0.717, 1.165) is 0 Å². The van der Waals surface area contributed by atoms with E-state index in [4.69, 9.17) is 21.4 Å². The van der Waals surface area contributed by atoms with Gasteiger partial charge in [-0.05, 0) is 6.92 Å². The Hall–Kier alpha value is -0.920. The van der Waals surface area contributed by atoms with Gasteiger partial charge in [0, 0.05) is 6.42 Å². The standard InChI is InChI=1S/C10H14ClFN2O4/c1-4-8(11)9(16)13-10(17)14(4)7-2-5(12)6(3-15)18-7/h4-8,15H,2-3H2,1H3,(H,13,16,17). The Morgan fingerprint density at radius 3 is 2.83 bits per heavy atom. The summed E-state index contributed by atoms with van der Waals surface area (Å²) in [7, 11) is 0. The van der Waals surface area contributed by atoms with Crippen molar-refractivity contribution < 1.29 is 23.8 Å². The molecule has 2 fully saturated rings. The zero-order valence-electron chi connectivity index (χ0n) is 9.68. The molecule has 0 spiro atoms. The molecule has 0 radical (unpaired) electrons. The lowest BCUT2D eigenvalue weighted by Crippen LogP contribution is -2.63. The number of hydrogen-bond acceptors (Lipinski definition) is 4. The SMILES string of the molecule is CC1C(Cl)C(=O)NC(=O)N1C1CC(F)C(CO)O1. The maximum Gasteiger partial charge on any atom is 0.326 e. The second-order valence-electron chi connectivity index (χ2n) is 4.41. The van der Waals surface area contributed by atoms with Crippen LogP contribution in [0.15, 0.2) is 0 Å². The number of hydrogen-bond donors (Lipinski definition) is 2. The van der Waals surface area contributed by atoms with E-state index in [-0.39, 0.29) is 6.42 Å². The van der Waals surface area contributed by atoms with Crippen molar-refractivity contribution in [2.24, 2.45) is 0 Å². The first-order valence-corrected chi connectivity index (χ1v) is 6.07. The van der Waals surface area contributed by atoms with Crippen LogP contribution in [0.3, 0.4) is 0 Å². The van der Waals surface area contributed by atoms with Gasteiger partial charge < -0.3 is 9.84 Å². The molecule has 5 atom stereocenters. The van der Waals surface area contributed by atoms with E-state index in [2.05, 4.69) is 5.32 Å². The van der Waals surface area contributed by atoms with Crippen molar-refractivity contribution in [2.45, 2.75) is 43.3 Å². The minimum absolute atomic E-state index is 0.0409. The normalized spacial score (nSPS) is 41.1. The van der Waals surface area contributed by atoms with Gasteiger partial charge in [0.25, 0.3) is 0 Å². The minimum Gasteiger partial charge on any atom is -0.394 e. The summed E-state index contributed by atoms with van der Waals surface area (Å²) in [4.78, 5) is 24.2. The first kappa shape index (κ1) is 13.5. The molecule has 0 aliphatic carbocycles. The fraction of sp³-hybridized carbons (Fsp3) is 0.800. The lowest BCUT2D eigenvalue weighted by Gasteiger charge is -2.39. The summed E-state index contributed by atoms with van der Waals surface area (Å²) in [6.07, 6.45) is -3.14. The molecule has 0 bridgehead atoms. The molecule has 3 amide bonds. The summed E-state index contributed by atoms with van der Waals surface area (Å²) >= 11 is 5.86. The molecule has 0 saturated carbocycles. The van der Waals surface area contributed by atoms with Crippen LogP contribution in [0.1, 0.15) is 13.3 Å². The van der Waals surface area contributed by atoms with E-state index in [0.29, 0.717) is 0 Å². The molecule has 18 heavy (non-hydrogen) atoms. The van der Waals surface area contributed by atoms with Gasteiger partial charge >= 0.3 is 6.03 Å². The van der Waals surface area contributed by atoms with Crippen molar-refractivity contribution in [3.8, 4) is 0 Å². The zero-order chi connectivity index (χ0) is 13.4. The molecule has 2 saturated heterocycles. The van der Waals surface area contributed by atoms with Crippen molar-refractivity contribution in [2.75, 3.05) is 6.61 Å². The first-order valence-electron chi connectivity index (χ1n) is 5.63. The molecule has 8 heteroatoms. The largest absolute Gasteiger partial charge is 0.394 e. The number of alkyl halides is 2. The molecular formula is C10H14ClFN2O4. The Balaban J connectivity index is 2.13. The maximum atomic E-state index is 13.5. The zero-order valence-corrected chi connectivity index (χ0v) is 10.4. The van der Waals surface area contributed by atoms with Crippen LogP contribution in [0.5, 0.6) is 0 Å². The lowest BCUT2D eigenvalue weighted by atomic mass is 10.1. The fourth-order valence-electron chi connectivity index (χ4n) is 2.20. The van der Waals surface area contributed by atoms with Crippen LogP contribution in [-0.2, 0) is 9.53 Å². The highest BCUT2D eigenvalue weighted by Crippen LogP contribution is 2.29. The van der Waals surface area contributed by atoms with Crippen LogP contribution in [0, 0.1) is 0 Å². The van der Waals surface area contributed by atoms with Gasteiger partial charge in [-0.2, -0.15) is 0 Å². The van der Waals surface area contributed by atoms with E-state index in [1.807, 2.05) is 0 Å². The minimum atomic E-state index is -1.34. The second kappa shape index (κ2) is 4.99. The van der Waals surface area contributed by atoms with E-state index < -0.39 is 48.5 Å². The van der Waals surface area contributed by atoms with Crippen molar-refractivity contribution >= 4 is 23.5 Å². The van der Waals surface area contributed by atoms with Gasteiger partial charge in [-0.1, -0.05) is 0 Å². The number of amides is 3. The molecule has 2 aliphatic heterocycles. The molecule has 0 aromatic rings. The molecule has 2 aliphatic rings. The molecule has 102 valence electrons. The van der Waals surface area contributed by atoms with Gasteiger partial charge in [-0.15, -0.1) is 11.6 Å². The molecule has 0 aromatic heterocycles. The highest BCUT2D eigenvalue weighted by molar-refractivity contribution is 6.33. The number of ether oxygens (including phenoxy) is 1. The number of aliphatic hydroxyl groups is 1. The number of halogens is 2. The number of urea groups is 1. The summed E-state index contributed by atoms with van der Waals surface area (Å²) in [5.74, 6) is -0.570. The van der Waals surface area contributed by atoms with Crippen molar-refractivity contribution in [3.05, 3.63) is 0 Å². The van der Waals surface area contributed by atoms with E-state index >= 15 is 0 Å². The van der Waals surface area contributed by atoms with Crippen LogP contribution in [0.4, 0.5) is 9.18 Å². The number of nitrogens with zero attached hydrogens (tertiary/aromatic N) is 1. The van der Waals surface area contributed by atoms with Crippen molar-refractivity contribution in [1.29, 1.82) is 0 Å². The Labute approximate surface area is 108 Å². The van der Waals surface area contributed by atoms with Crippen LogP contribution in [-0.4, -0.2) is 58.5 Å².